The van der Waals surface area contributed by atoms with Crippen molar-refractivity contribution in [1.29, 1.82) is 0 Å². The van der Waals surface area contributed by atoms with E-state index in [9.17, 15) is 4.79 Å². The third-order valence-electron chi connectivity index (χ3n) is 2.54. The highest BCUT2D eigenvalue weighted by molar-refractivity contribution is 5.69. The number of aldehydes is 1. The van der Waals surface area contributed by atoms with Crippen LogP contribution in [0.4, 0.5) is 0 Å². The summed E-state index contributed by atoms with van der Waals surface area (Å²) in [7, 11) is 0. The van der Waals surface area contributed by atoms with Gasteiger partial charge in [-0.05, 0) is 19.8 Å². The summed E-state index contributed by atoms with van der Waals surface area (Å²) in [6.45, 7) is 1.98. The third kappa shape index (κ3) is 1.05. The van der Waals surface area contributed by atoms with Crippen molar-refractivity contribution in [2.75, 3.05) is 0 Å². The predicted molar refractivity (Wildman–Crippen MR) is 45.3 cm³/mol. The van der Waals surface area contributed by atoms with Crippen molar-refractivity contribution in [3.05, 3.63) is 17.2 Å². The maximum Gasteiger partial charge on any atom is 0.185 e. The van der Waals surface area contributed by atoms with Crippen molar-refractivity contribution in [2.45, 2.75) is 32.1 Å². The van der Waals surface area contributed by atoms with E-state index in [1.54, 1.807) is 0 Å². The molecule has 0 saturated heterocycles. The minimum absolute atomic E-state index is 0.467. The first kappa shape index (κ1) is 7.53. The van der Waals surface area contributed by atoms with Crippen LogP contribution >= 0.6 is 0 Å². The van der Waals surface area contributed by atoms with E-state index in [0.29, 0.717) is 11.7 Å². The lowest BCUT2D eigenvalue weighted by molar-refractivity contribution is 0.111. The number of carbonyl (C=O) groups excluding carboxylic acids is 1. The van der Waals surface area contributed by atoms with Gasteiger partial charge in [-0.15, -0.1) is 0 Å². The van der Waals surface area contributed by atoms with E-state index in [1.807, 2.05) is 6.92 Å². The molecule has 2 rings (SSSR count). The van der Waals surface area contributed by atoms with Gasteiger partial charge in [0.1, 0.15) is 0 Å². The second-order valence-electron chi connectivity index (χ2n) is 3.38. The van der Waals surface area contributed by atoms with Crippen LogP contribution in [-0.4, -0.2) is 16.3 Å². The highest BCUT2D eigenvalue weighted by Gasteiger charge is 2.23. The number of nitrogens with zero attached hydrogens (tertiary/aromatic N) is 1. The molecule has 3 nitrogen and oxygen atoms in total. The Morgan fingerprint density at radius 2 is 2.33 bits per heavy atom. The standard InChI is InChI=1S/C9H12N2O/c1-6-9(7-3-2-4-7)11-8(5-12)10-6/h5,7H,2-4H2,1H3,(H,10,11). The molecule has 1 aliphatic carbocycles. The van der Waals surface area contributed by atoms with Gasteiger partial charge in [-0.1, -0.05) is 6.42 Å². The fraction of sp³-hybridized carbons (Fsp3) is 0.556. The number of aromatic amines is 1. The summed E-state index contributed by atoms with van der Waals surface area (Å²) in [5.41, 5.74) is 2.16. The summed E-state index contributed by atoms with van der Waals surface area (Å²) < 4.78 is 0. The smallest absolute Gasteiger partial charge is 0.185 e. The second kappa shape index (κ2) is 2.73. The van der Waals surface area contributed by atoms with Crippen LogP contribution in [-0.2, 0) is 0 Å². The number of imidazole rings is 1. The Labute approximate surface area is 71.2 Å². The molecule has 1 aromatic heterocycles. The molecule has 0 spiro atoms. The summed E-state index contributed by atoms with van der Waals surface area (Å²) in [5.74, 6) is 1.07. The van der Waals surface area contributed by atoms with Crippen LogP contribution in [0.3, 0.4) is 0 Å². The molecule has 0 bridgehead atoms. The highest BCUT2D eigenvalue weighted by Crippen LogP contribution is 2.36. The molecular formula is C9H12N2O. The van der Waals surface area contributed by atoms with Gasteiger partial charge in [-0.3, -0.25) is 4.79 Å². The Bertz CT molecular complexity index is 299. The van der Waals surface area contributed by atoms with Gasteiger partial charge in [0.15, 0.2) is 12.1 Å². The zero-order chi connectivity index (χ0) is 8.55. The van der Waals surface area contributed by atoms with Crippen molar-refractivity contribution in [3.63, 3.8) is 0 Å². The van der Waals surface area contributed by atoms with Gasteiger partial charge in [0, 0.05) is 11.6 Å². The Morgan fingerprint density at radius 3 is 2.75 bits per heavy atom. The molecule has 1 fully saturated rings. The summed E-state index contributed by atoms with van der Waals surface area (Å²) in [5, 5.41) is 0. The molecule has 1 saturated carbocycles. The molecule has 0 aliphatic heterocycles. The van der Waals surface area contributed by atoms with E-state index in [1.165, 1.54) is 19.3 Å². The number of hydrogen-bond acceptors (Lipinski definition) is 2. The van der Waals surface area contributed by atoms with Gasteiger partial charge >= 0.3 is 0 Å². The van der Waals surface area contributed by atoms with Crippen LogP contribution in [0.5, 0.6) is 0 Å². The number of nitrogens with one attached hydrogen (secondary N) is 1. The molecule has 1 N–H and O–H groups in total. The molecule has 0 atom stereocenters. The second-order valence-corrected chi connectivity index (χ2v) is 3.38. The molecule has 0 aromatic carbocycles. The molecule has 3 heteroatoms. The SMILES string of the molecule is Cc1[nH]c(C=O)nc1C1CCC1. The summed E-state index contributed by atoms with van der Waals surface area (Å²) in [4.78, 5) is 17.6. The molecule has 1 aromatic rings. The molecular weight excluding hydrogens is 152 g/mol. The summed E-state index contributed by atoms with van der Waals surface area (Å²) in [6, 6.07) is 0. The zero-order valence-electron chi connectivity index (χ0n) is 7.13. The Morgan fingerprint density at radius 1 is 1.58 bits per heavy atom. The van der Waals surface area contributed by atoms with E-state index >= 15 is 0 Å². The van der Waals surface area contributed by atoms with Gasteiger partial charge < -0.3 is 4.98 Å². The maximum atomic E-state index is 10.4. The number of carbonyl (C=O) groups is 1. The van der Waals surface area contributed by atoms with E-state index in [-0.39, 0.29) is 0 Å². The molecule has 1 aliphatic rings. The zero-order valence-corrected chi connectivity index (χ0v) is 7.13. The van der Waals surface area contributed by atoms with Crippen LogP contribution in [0, 0.1) is 6.92 Å². The average Bonchev–Trinajstić information content (AvgIpc) is 2.29. The molecule has 64 valence electrons. The lowest BCUT2D eigenvalue weighted by Gasteiger charge is -2.23. The number of aromatic nitrogens is 2. The molecule has 12 heavy (non-hydrogen) atoms. The Kier molecular flexibility index (Phi) is 1.71. The van der Waals surface area contributed by atoms with Crippen molar-refractivity contribution in [3.8, 4) is 0 Å². The third-order valence-corrected chi connectivity index (χ3v) is 2.54. The van der Waals surface area contributed by atoms with Crippen LogP contribution in [0.1, 0.15) is 47.2 Å². The number of aryl methyl sites for hydroxylation is 1. The summed E-state index contributed by atoms with van der Waals surface area (Å²) in [6.07, 6.45) is 4.52. The average molecular weight is 164 g/mol. The first-order valence-corrected chi connectivity index (χ1v) is 4.33. The van der Waals surface area contributed by atoms with Crippen molar-refractivity contribution >= 4 is 6.29 Å². The van der Waals surface area contributed by atoms with Gasteiger partial charge in [-0.2, -0.15) is 0 Å². The number of H-pyrrole nitrogens is 1. The predicted octanol–water partition coefficient (Wildman–Crippen LogP) is 1.80. The quantitative estimate of drug-likeness (QED) is 0.677. The fourth-order valence-corrected chi connectivity index (χ4v) is 1.63. The normalized spacial score (nSPS) is 17.4. The fourth-order valence-electron chi connectivity index (χ4n) is 1.63. The minimum Gasteiger partial charge on any atom is -0.340 e. The summed E-state index contributed by atoms with van der Waals surface area (Å²) >= 11 is 0. The van der Waals surface area contributed by atoms with Crippen molar-refractivity contribution in [2.24, 2.45) is 0 Å². The van der Waals surface area contributed by atoms with Crippen LogP contribution in [0.15, 0.2) is 0 Å². The molecule has 0 radical (unpaired) electrons. The van der Waals surface area contributed by atoms with Gasteiger partial charge in [0.25, 0.3) is 0 Å². The Balaban J connectivity index is 2.29. The first-order valence-electron chi connectivity index (χ1n) is 4.33. The van der Waals surface area contributed by atoms with Gasteiger partial charge in [0.2, 0.25) is 0 Å². The maximum absolute atomic E-state index is 10.4. The van der Waals surface area contributed by atoms with Crippen LogP contribution in [0.25, 0.3) is 0 Å². The monoisotopic (exact) mass is 164 g/mol. The lowest BCUT2D eigenvalue weighted by Crippen LogP contribution is -2.10. The number of hydrogen-bond donors (Lipinski definition) is 1. The minimum atomic E-state index is 0.467. The molecule has 0 unspecified atom stereocenters. The highest BCUT2D eigenvalue weighted by atomic mass is 16.1. The molecule has 1 heterocycles. The topological polar surface area (TPSA) is 45.8 Å². The van der Waals surface area contributed by atoms with Gasteiger partial charge in [0.05, 0.1) is 5.69 Å². The van der Waals surface area contributed by atoms with Crippen molar-refractivity contribution in [1.82, 2.24) is 9.97 Å². The van der Waals surface area contributed by atoms with E-state index in [2.05, 4.69) is 9.97 Å². The first-order chi connectivity index (χ1) is 5.81. The van der Waals surface area contributed by atoms with E-state index in [0.717, 1.165) is 17.7 Å². The van der Waals surface area contributed by atoms with E-state index < -0.39 is 0 Å². The Hall–Kier alpha value is -1.12. The van der Waals surface area contributed by atoms with Crippen LogP contribution in [0.2, 0.25) is 0 Å². The van der Waals surface area contributed by atoms with E-state index in [4.69, 9.17) is 0 Å². The van der Waals surface area contributed by atoms with Crippen molar-refractivity contribution < 1.29 is 4.79 Å². The lowest BCUT2D eigenvalue weighted by atomic mass is 9.82. The van der Waals surface area contributed by atoms with Crippen LogP contribution < -0.4 is 0 Å². The largest absolute Gasteiger partial charge is 0.340 e. The molecule has 0 amide bonds. The number of rotatable bonds is 2. The van der Waals surface area contributed by atoms with Gasteiger partial charge in [-0.25, -0.2) is 4.98 Å².